The molecule has 3 heterocycles. The van der Waals surface area contributed by atoms with Crippen LogP contribution in [0, 0.1) is 13.8 Å². The van der Waals surface area contributed by atoms with Crippen molar-refractivity contribution in [3.63, 3.8) is 0 Å². The Labute approximate surface area is 153 Å². The van der Waals surface area contributed by atoms with Crippen LogP contribution in [0.15, 0.2) is 27.6 Å². The quantitative estimate of drug-likeness (QED) is 0.688. The number of nitrogens with zero attached hydrogens (tertiary/aromatic N) is 1. The molecule has 1 atom stereocenters. The highest BCUT2D eigenvalue weighted by Crippen LogP contribution is 2.26. The minimum atomic E-state index is -0.172. The number of fused-ring (bicyclic) bond motifs is 1. The standard InChI is InChI=1S/C17H19N3O3S2/c1-9-11(3)25-17-15(9)16(22)19-13(20-17)7-24-8-14(21)18-10(2)12-5-4-6-23-12/h4-6,10H,7-8H2,1-3H3,(H,18,21)(H,19,20,22)/t10-/m0/s1. The molecule has 0 unspecified atom stereocenters. The first kappa shape index (κ1) is 17.8. The molecule has 3 aromatic rings. The summed E-state index contributed by atoms with van der Waals surface area (Å²) in [6.07, 6.45) is 1.58. The van der Waals surface area contributed by atoms with Crippen LogP contribution in [0.1, 0.15) is 35.0 Å². The van der Waals surface area contributed by atoms with Crippen molar-refractivity contribution in [3.8, 4) is 0 Å². The van der Waals surface area contributed by atoms with Crippen molar-refractivity contribution in [2.24, 2.45) is 0 Å². The number of aromatic amines is 1. The van der Waals surface area contributed by atoms with Crippen molar-refractivity contribution < 1.29 is 9.21 Å². The van der Waals surface area contributed by atoms with E-state index in [0.29, 0.717) is 17.0 Å². The number of aromatic nitrogens is 2. The minimum absolute atomic E-state index is 0.0832. The van der Waals surface area contributed by atoms with Gasteiger partial charge in [0.1, 0.15) is 16.4 Å². The van der Waals surface area contributed by atoms with Crippen LogP contribution in [0.5, 0.6) is 0 Å². The fraction of sp³-hybridized carbons (Fsp3) is 0.353. The molecule has 0 aliphatic carbocycles. The number of thioether (sulfide) groups is 1. The molecule has 0 aliphatic heterocycles. The molecule has 132 valence electrons. The number of H-pyrrole nitrogens is 1. The monoisotopic (exact) mass is 377 g/mol. The molecule has 0 fully saturated rings. The first-order chi connectivity index (χ1) is 12.0. The lowest BCUT2D eigenvalue weighted by molar-refractivity contribution is -0.119. The van der Waals surface area contributed by atoms with Crippen LogP contribution in [-0.2, 0) is 10.5 Å². The number of rotatable bonds is 6. The number of carbonyl (C=O) groups excluding carboxylic acids is 1. The van der Waals surface area contributed by atoms with Gasteiger partial charge in [0.15, 0.2) is 0 Å². The van der Waals surface area contributed by atoms with Gasteiger partial charge in [0.2, 0.25) is 5.91 Å². The Balaban J connectivity index is 1.58. The maximum Gasteiger partial charge on any atom is 0.259 e. The van der Waals surface area contributed by atoms with Gasteiger partial charge in [-0.05, 0) is 38.5 Å². The molecule has 2 N–H and O–H groups in total. The van der Waals surface area contributed by atoms with Gasteiger partial charge in [0, 0.05) is 4.88 Å². The SMILES string of the molecule is Cc1sc2nc(CSCC(=O)N[C@@H](C)c3ccco3)[nH]c(=O)c2c1C. The van der Waals surface area contributed by atoms with Gasteiger partial charge in [-0.3, -0.25) is 9.59 Å². The summed E-state index contributed by atoms with van der Waals surface area (Å²) in [6.45, 7) is 5.79. The Kier molecular flexibility index (Phi) is 5.29. The van der Waals surface area contributed by atoms with Crippen molar-refractivity contribution in [1.82, 2.24) is 15.3 Å². The van der Waals surface area contributed by atoms with Crippen molar-refractivity contribution in [2.45, 2.75) is 32.6 Å². The van der Waals surface area contributed by atoms with E-state index in [1.807, 2.05) is 26.8 Å². The fourth-order valence-corrected chi connectivity index (χ4v) is 4.25. The summed E-state index contributed by atoms with van der Waals surface area (Å²) in [5, 5.41) is 3.54. The molecule has 0 spiro atoms. The van der Waals surface area contributed by atoms with Gasteiger partial charge in [-0.15, -0.1) is 23.1 Å². The van der Waals surface area contributed by atoms with E-state index in [4.69, 9.17) is 4.42 Å². The third-order valence-electron chi connectivity index (χ3n) is 3.91. The maximum atomic E-state index is 12.2. The largest absolute Gasteiger partial charge is 0.467 e. The first-order valence-corrected chi connectivity index (χ1v) is 9.82. The lowest BCUT2D eigenvalue weighted by Crippen LogP contribution is -2.28. The smallest absolute Gasteiger partial charge is 0.259 e. The zero-order valence-electron chi connectivity index (χ0n) is 14.2. The normalized spacial score (nSPS) is 12.4. The lowest BCUT2D eigenvalue weighted by atomic mass is 10.2. The zero-order valence-corrected chi connectivity index (χ0v) is 15.8. The number of carbonyl (C=O) groups is 1. The zero-order chi connectivity index (χ0) is 18.0. The van der Waals surface area contributed by atoms with Crippen molar-refractivity contribution >= 4 is 39.2 Å². The van der Waals surface area contributed by atoms with Crippen LogP contribution in [0.3, 0.4) is 0 Å². The topological polar surface area (TPSA) is 88.0 Å². The van der Waals surface area contributed by atoms with Crippen LogP contribution in [0.4, 0.5) is 0 Å². The Hall–Kier alpha value is -2.06. The molecule has 0 aromatic carbocycles. The summed E-state index contributed by atoms with van der Waals surface area (Å²) in [5.41, 5.74) is 0.873. The molecule has 3 rings (SSSR count). The number of furan rings is 1. The number of amides is 1. The molecule has 0 saturated heterocycles. The van der Waals surface area contributed by atoms with Crippen LogP contribution < -0.4 is 10.9 Å². The molecule has 0 aliphatic rings. The molecule has 0 radical (unpaired) electrons. The second kappa shape index (κ2) is 7.45. The predicted molar refractivity (Wildman–Crippen MR) is 101 cm³/mol. The highest BCUT2D eigenvalue weighted by Gasteiger charge is 2.14. The van der Waals surface area contributed by atoms with Crippen molar-refractivity contribution in [2.75, 3.05) is 5.75 Å². The summed E-state index contributed by atoms with van der Waals surface area (Å²) in [5.74, 6) is 1.99. The van der Waals surface area contributed by atoms with E-state index in [2.05, 4.69) is 15.3 Å². The van der Waals surface area contributed by atoms with Gasteiger partial charge in [0.05, 0.1) is 29.2 Å². The minimum Gasteiger partial charge on any atom is -0.467 e. The van der Waals surface area contributed by atoms with Crippen LogP contribution in [0.25, 0.3) is 10.2 Å². The number of hydrogen-bond acceptors (Lipinski definition) is 6. The van der Waals surface area contributed by atoms with Gasteiger partial charge in [-0.2, -0.15) is 0 Å². The third kappa shape index (κ3) is 3.96. The van der Waals surface area contributed by atoms with Gasteiger partial charge < -0.3 is 14.7 Å². The summed E-state index contributed by atoms with van der Waals surface area (Å²) in [4.78, 5) is 33.4. The summed E-state index contributed by atoms with van der Waals surface area (Å²) >= 11 is 2.93. The van der Waals surface area contributed by atoms with E-state index in [1.165, 1.54) is 23.1 Å². The molecular formula is C17H19N3O3S2. The molecule has 0 saturated carbocycles. The Morgan fingerprint density at radius 3 is 3.00 bits per heavy atom. The maximum absolute atomic E-state index is 12.2. The van der Waals surface area contributed by atoms with Crippen LogP contribution in [-0.4, -0.2) is 21.6 Å². The summed E-state index contributed by atoms with van der Waals surface area (Å²) in [7, 11) is 0. The summed E-state index contributed by atoms with van der Waals surface area (Å²) < 4.78 is 5.27. The number of nitrogens with one attached hydrogen (secondary N) is 2. The van der Waals surface area contributed by atoms with E-state index < -0.39 is 0 Å². The highest BCUT2D eigenvalue weighted by atomic mass is 32.2. The number of aryl methyl sites for hydroxylation is 2. The average Bonchev–Trinajstić information content (AvgIpc) is 3.17. The third-order valence-corrected chi connectivity index (χ3v) is 5.95. The molecule has 25 heavy (non-hydrogen) atoms. The molecular weight excluding hydrogens is 358 g/mol. The predicted octanol–water partition coefficient (Wildman–Crippen LogP) is 3.31. The Morgan fingerprint density at radius 1 is 1.48 bits per heavy atom. The summed E-state index contributed by atoms with van der Waals surface area (Å²) in [6, 6.07) is 3.45. The van der Waals surface area contributed by atoms with E-state index in [0.717, 1.165) is 21.0 Å². The highest BCUT2D eigenvalue weighted by molar-refractivity contribution is 7.99. The van der Waals surface area contributed by atoms with E-state index in [-0.39, 0.29) is 23.3 Å². The Morgan fingerprint density at radius 2 is 2.28 bits per heavy atom. The molecule has 8 heteroatoms. The second-order valence-corrected chi connectivity index (χ2v) is 7.96. The Bertz CT molecular complexity index is 944. The van der Waals surface area contributed by atoms with Gasteiger partial charge in [-0.1, -0.05) is 0 Å². The van der Waals surface area contributed by atoms with E-state index >= 15 is 0 Å². The van der Waals surface area contributed by atoms with Crippen LogP contribution in [0.2, 0.25) is 0 Å². The lowest BCUT2D eigenvalue weighted by Gasteiger charge is -2.11. The van der Waals surface area contributed by atoms with Crippen LogP contribution >= 0.6 is 23.1 Å². The van der Waals surface area contributed by atoms with Gasteiger partial charge >= 0.3 is 0 Å². The molecule has 1 amide bonds. The van der Waals surface area contributed by atoms with Gasteiger partial charge in [0.25, 0.3) is 5.56 Å². The first-order valence-electron chi connectivity index (χ1n) is 7.85. The molecule has 6 nitrogen and oxygen atoms in total. The molecule has 3 aromatic heterocycles. The average molecular weight is 377 g/mol. The van der Waals surface area contributed by atoms with E-state index in [9.17, 15) is 9.59 Å². The fourth-order valence-electron chi connectivity index (χ4n) is 2.50. The van der Waals surface area contributed by atoms with Gasteiger partial charge in [-0.25, -0.2) is 4.98 Å². The second-order valence-electron chi connectivity index (χ2n) is 5.77. The van der Waals surface area contributed by atoms with Crippen molar-refractivity contribution in [1.29, 1.82) is 0 Å². The number of hydrogen-bond donors (Lipinski definition) is 2. The number of thiophene rings is 1. The molecule has 0 bridgehead atoms. The van der Waals surface area contributed by atoms with E-state index in [1.54, 1.807) is 12.3 Å². The van der Waals surface area contributed by atoms with Crippen molar-refractivity contribution in [3.05, 3.63) is 50.8 Å².